The molecular formula is C16H26N4O. The Morgan fingerprint density at radius 1 is 1.24 bits per heavy atom. The zero-order valence-electron chi connectivity index (χ0n) is 13.0. The van der Waals surface area contributed by atoms with Gasteiger partial charge in [0.1, 0.15) is 0 Å². The molecule has 116 valence electrons. The van der Waals surface area contributed by atoms with E-state index in [1.807, 2.05) is 18.2 Å². The Hall–Kier alpha value is -1.75. The van der Waals surface area contributed by atoms with E-state index in [2.05, 4.69) is 34.7 Å². The number of nitrogens with one attached hydrogen (secondary N) is 3. The number of fused-ring (bicyclic) bond motifs is 1. The molecule has 0 unspecified atom stereocenters. The second kappa shape index (κ2) is 7.88. The number of amides is 1. The molecule has 1 aliphatic heterocycles. The Kier molecular flexibility index (Phi) is 5.87. The second-order valence-electron chi connectivity index (χ2n) is 5.22. The van der Waals surface area contributed by atoms with Gasteiger partial charge in [-0.05, 0) is 38.2 Å². The van der Waals surface area contributed by atoms with Crippen LogP contribution < -0.4 is 16.0 Å². The predicted molar refractivity (Wildman–Crippen MR) is 88.2 cm³/mol. The molecule has 0 bridgehead atoms. The molecule has 0 radical (unpaired) electrons. The van der Waals surface area contributed by atoms with Gasteiger partial charge in [-0.25, -0.2) is 0 Å². The average Bonchev–Trinajstić information content (AvgIpc) is 2.54. The van der Waals surface area contributed by atoms with Gasteiger partial charge in [0.2, 0.25) is 0 Å². The van der Waals surface area contributed by atoms with E-state index in [-0.39, 0.29) is 5.91 Å². The Morgan fingerprint density at radius 2 is 2.00 bits per heavy atom. The smallest absolute Gasteiger partial charge is 0.253 e. The first-order valence-electron chi connectivity index (χ1n) is 7.87. The van der Waals surface area contributed by atoms with Gasteiger partial charge in [0.15, 0.2) is 0 Å². The van der Waals surface area contributed by atoms with Crippen molar-refractivity contribution in [1.29, 1.82) is 0 Å². The molecule has 0 fully saturated rings. The first-order chi connectivity index (χ1) is 10.3. The number of carbonyl (C=O) groups excluding carboxylic acids is 1. The van der Waals surface area contributed by atoms with Gasteiger partial charge < -0.3 is 20.9 Å². The molecule has 0 atom stereocenters. The Labute approximate surface area is 127 Å². The highest BCUT2D eigenvalue weighted by molar-refractivity contribution is 6.02. The van der Waals surface area contributed by atoms with Gasteiger partial charge in [0.05, 0.1) is 16.9 Å². The van der Waals surface area contributed by atoms with Gasteiger partial charge in [-0.15, -0.1) is 0 Å². The normalized spacial score (nSPS) is 13.3. The SMILES string of the molecule is CCN(CC)CCCNC(=O)c1cccc2c1NCCN2. The van der Waals surface area contributed by atoms with Crippen LogP contribution in [0.5, 0.6) is 0 Å². The maximum atomic E-state index is 12.3. The third-order valence-electron chi connectivity index (χ3n) is 3.88. The molecule has 1 aromatic carbocycles. The molecule has 3 N–H and O–H groups in total. The van der Waals surface area contributed by atoms with Gasteiger partial charge in [0.25, 0.3) is 5.91 Å². The fourth-order valence-corrected chi connectivity index (χ4v) is 2.60. The third-order valence-corrected chi connectivity index (χ3v) is 3.88. The lowest BCUT2D eigenvalue weighted by molar-refractivity contribution is 0.0952. The number of carbonyl (C=O) groups is 1. The summed E-state index contributed by atoms with van der Waals surface area (Å²) in [7, 11) is 0. The first-order valence-corrected chi connectivity index (χ1v) is 7.87. The van der Waals surface area contributed by atoms with Gasteiger partial charge >= 0.3 is 0 Å². The zero-order valence-corrected chi connectivity index (χ0v) is 13.0. The maximum absolute atomic E-state index is 12.3. The van der Waals surface area contributed by atoms with E-state index in [0.29, 0.717) is 6.54 Å². The minimum atomic E-state index is 0.00240. The van der Waals surface area contributed by atoms with Crippen molar-refractivity contribution >= 4 is 17.3 Å². The molecule has 1 heterocycles. The second-order valence-corrected chi connectivity index (χ2v) is 5.22. The molecule has 2 rings (SSSR count). The molecule has 0 spiro atoms. The van der Waals surface area contributed by atoms with Crippen molar-refractivity contribution in [3.05, 3.63) is 23.8 Å². The van der Waals surface area contributed by atoms with E-state index >= 15 is 0 Å². The van der Waals surface area contributed by atoms with Crippen LogP contribution in [-0.2, 0) is 0 Å². The summed E-state index contributed by atoms with van der Waals surface area (Å²) < 4.78 is 0. The highest BCUT2D eigenvalue weighted by atomic mass is 16.1. The summed E-state index contributed by atoms with van der Waals surface area (Å²) >= 11 is 0. The average molecular weight is 290 g/mol. The van der Waals surface area contributed by atoms with Crippen molar-refractivity contribution in [2.45, 2.75) is 20.3 Å². The van der Waals surface area contributed by atoms with E-state index < -0.39 is 0 Å². The molecule has 0 aromatic heterocycles. The van der Waals surface area contributed by atoms with E-state index in [0.717, 1.165) is 56.1 Å². The number of nitrogens with zero attached hydrogens (tertiary/aromatic N) is 1. The standard InChI is InChI=1S/C16H26N4O/c1-3-20(4-2)12-6-9-19-16(21)13-7-5-8-14-15(13)18-11-10-17-14/h5,7-8,17-18H,3-4,6,9-12H2,1-2H3,(H,19,21). The Balaban J connectivity index is 1.86. The van der Waals surface area contributed by atoms with Crippen molar-refractivity contribution in [2.75, 3.05) is 49.9 Å². The zero-order chi connectivity index (χ0) is 15.1. The number of hydrogen-bond donors (Lipinski definition) is 3. The van der Waals surface area contributed by atoms with Crippen LogP contribution in [0.15, 0.2) is 18.2 Å². The molecule has 1 aromatic rings. The largest absolute Gasteiger partial charge is 0.382 e. The van der Waals surface area contributed by atoms with Gasteiger partial charge in [0, 0.05) is 19.6 Å². The molecule has 21 heavy (non-hydrogen) atoms. The van der Waals surface area contributed by atoms with Gasteiger partial charge in [-0.3, -0.25) is 4.79 Å². The van der Waals surface area contributed by atoms with Crippen LogP contribution in [0.2, 0.25) is 0 Å². The first kappa shape index (κ1) is 15.6. The number of hydrogen-bond acceptors (Lipinski definition) is 4. The minimum Gasteiger partial charge on any atom is -0.382 e. The van der Waals surface area contributed by atoms with E-state index in [1.54, 1.807) is 0 Å². The van der Waals surface area contributed by atoms with Crippen molar-refractivity contribution in [2.24, 2.45) is 0 Å². The molecule has 0 saturated carbocycles. The quantitative estimate of drug-likeness (QED) is 0.672. The van der Waals surface area contributed by atoms with Crippen LogP contribution in [0, 0.1) is 0 Å². The van der Waals surface area contributed by atoms with Crippen molar-refractivity contribution in [3.63, 3.8) is 0 Å². The molecule has 0 aliphatic carbocycles. The summed E-state index contributed by atoms with van der Waals surface area (Å²) in [6, 6.07) is 5.79. The molecule has 1 amide bonds. The molecule has 5 nitrogen and oxygen atoms in total. The van der Waals surface area contributed by atoms with E-state index in [4.69, 9.17) is 0 Å². The predicted octanol–water partition coefficient (Wildman–Crippen LogP) is 1.99. The van der Waals surface area contributed by atoms with Crippen LogP contribution in [0.25, 0.3) is 0 Å². The Morgan fingerprint density at radius 3 is 2.76 bits per heavy atom. The summed E-state index contributed by atoms with van der Waals surface area (Å²) in [5, 5.41) is 9.63. The highest BCUT2D eigenvalue weighted by Gasteiger charge is 2.16. The maximum Gasteiger partial charge on any atom is 0.253 e. The monoisotopic (exact) mass is 290 g/mol. The molecule has 1 aliphatic rings. The van der Waals surface area contributed by atoms with Crippen LogP contribution in [0.4, 0.5) is 11.4 Å². The molecular weight excluding hydrogens is 264 g/mol. The minimum absolute atomic E-state index is 0.00240. The third kappa shape index (κ3) is 4.11. The van der Waals surface area contributed by atoms with E-state index in [9.17, 15) is 4.79 Å². The lowest BCUT2D eigenvalue weighted by Crippen LogP contribution is -2.31. The molecule has 5 heteroatoms. The fraction of sp³-hybridized carbons (Fsp3) is 0.562. The highest BCUT2D eigenvalue weighted by Crippen LogP contribution is 2.28. The van der Waals surface area contributed by atoms with Crippen molar-refractivity contribution < 1.29 is 4.79 Å². The van der Waals surface area contributed by atoms with Crippen molar-refractivity contribution in [1.82, 2.24) is 10.2 Å². The lowest BCUT2D eigenvalue weighted by atomic mass is 10.1. The summed E-state index contributed by atoms with van der Waals surface area (Å²) in [4.78, 5) is 14.7. The number of para-hydroxylation sites is 1. The van der Waals surface area contributed by atoms with Crippen LogP contribution >= 0.6 is 0 Å². The van der Waals surface area contributed by atoms with Crippen molar-refractivity contribution in [3.8, 4) is 0 Å². The van der Waals surface area contributed by atoms with Gasteiger partial charge in [-0.1, -0.05) is 19.9 Å². The van der Waals surface area contributed by atoms with Crippen LogP contribution in [0.3, 0.4) is 0 Å². The van der Waals surface area contributed by atoms with Crippen LogP contribution in [0.1, 0.15) is 30.6 Å². The topological polar surface area (TPSA) is 56.4 Å². The van der Waals surface area contributed by atoms with Gasteiger partial charge in [-0.2, -0.15) is 0 Å². The number of benzene rings is 1. The Bertz CT molecular complexity index is 471. The molecule has 0 saturated heterocycles. The summed E-state index contributed by atoms with van der Waals surface area (Å²) in [6.45, 7) is 9.93. The summed E-state index contributed by atoms with van der Waals surface area (Å²) in [6.07, 6.45) is 0.980. The van der Waals surface area contributed by atoms with Crippen LogP contribution in [-0.4, -0.2) is 50.1 Å². The summed E-state index contributed by atoms with van der Waals surface area (Å²) in [5.41, 5.74) is 2.66. The number of anilines is 2. The summed E-state index contributed by atoms with van der Waals surface area (Å²) in [5.74, 6) is 0.00240. The fourth-order valence-electron chi connectivity index (χ4n) is 2.60. The van der Waals surface area contributed by atoms with E-state index in [1.165, 1.54) is 0 Å². The lowest BCUT2D eigenvalue weighted by Gasteiger charge is -2.22. The number of rotatable bonds is 7.